The third kappa shape index (κ3) is 3.26. The predicted molar refractivity (Wildman–Crippen MR) is 74.3 cm³/mol. The molecule has 1 aliphatic heterocycles. The summed E-state index contributed by atoms with van der Waals surface area (Å²) in [5, 5.41) is 0. The Bertz CT molecular complexity index is 551. The Morgan fingerprint density at radius 1 is 1.47 bits per heavy atom. The second kappa shape index (κ2) is 5.48. The summed E-state index contributed by atoms with van der Waals surface area (Å²) in [6, 6.07) is 4.76. The van der Waals surface area contributed by atoms with E-state index in [9.17, 15) is 8.42 Å². The van der Waals surface area contributed by atoms with E-state index in [0.717, 1.165) is 6.42 Å². The van der Waals surface area contributed by atoms with Crippen molar-refractivity contribution in [3.8, 4) is 0 Å². The monoisotopic (exact) mass is 284 g/mol. The van der Waals surface area contributed by atoms with Crippen molar-refractivity contribution in [2.24, 2.45) is 5.92 Å². The van der Waals surface area contributed by atoms with Crippen molar-refractivity contribution in [2.75, 3.05) is 18.9 Å². The van der Waals surface area contributed by atoms with Crippen molar-refractivity contribution in [3.63, 3.8) is 0 Å². The molecule has 106 valence electrons. The smallest absolute Gasteiger partial charge is 0.241 e. The summed E-state index contributed by atoms with van der Waals surface area (Å²) < 4.78 is 32.7. The lowest BCUT2D eigenvalue weighted by Crippen LogP contribution is -2.38. The molecule has 1 saturated heterocycles. The van der Waals surface area contributed by atoms with Gasteiger partial charge < -0.3 is 10.5 Å². The average Bonchev–Trinajstić information content (AvgIpc) is 2.85. The molecule has 5 nitrogen and oxygen atoms in total. The second-order valence-electron chi connectivity index (χ2n) is 5.06. The van der Waals surface area contributed by atoms with Crippen LogP contribution >= 0.6 is 0 Å². The molecular formula is C13H20N2O3S. The van der Waals surface area contributed by atoms with Crippen LogP contribution in [0.2, 0.25) is 0 Å². The Morgan fingerprint density at radius 3 is 2.84 bits per heavy atom. The van der Waals surface area contributed by atoms with E-state index < -0.39 is 10.0 Å². The molecule has 19 heavy (non-hydrogen) atoms. The third-order valence-corrected chi connectivity index (χ3v) is 5.22. The summed E-state index contributed by atoms with van der Waals surface area (Å²) in [6.07, 6.45) is 0.888. The Morgan fingerprint density at radius 2 is 2.21 bits per heavy atom. The SMILES string of the molecule is Cc1ccc(N)cc1S(=O)(=O)NC(C)C1CCOC1. The van der Waals surface area contributed by atoms with E-state index in [4.69, 9.17) is 10.5 Å². The lowest BCUT2D eigenvalue weighted by Gasteiger charge is -2.20. The summed E-state index contributed by atoms with van der Waals surface area (Å²) in [4.78, 5) is 0.248. The molecule has 0 aliphatic carbocycles. The molecule has 0 aromatic heterocycles. The van der Waals surface area contributed by atoms with Gasteiger partial charge in [0.05, 0.1) is 11.5 Å². The van der Waals surface area contributed by atoms with Crippen LogP contribution in [0.25, 0.3) is 0 Å². The zero-order chi connectivity index (χ0) is 14.0. The van der Waals surface area contributed by atoms with Gasteiger partial charge in [0.25, 0.3) is 0 Å². The normalized spacial score (nSPS) is 21.5. The van der Waals surface area contributed by atoms with E-state index in [1.54, 1.807) is 19.1 Å². The van der Waals surface area contributed by atoms with Crippen LogP contribution in [-0.2, 0) is 14.8 Å². The van der Waals surface area contributed by atoms with Crippen molar-refractivity contribution in [2.45, 2.75) is 31.2 Å². The first-order valence-corrected chi connectivity index (χ1v) is 7.84. The van der Waals surface area contributed by atoms with E-state index in [2.05, 4.69) is 4.72 Å². The Labute approximate surface area is 114 Å². The van der Waals surface area contributed by atoms with Gasteiger partial charge in [-0.2, -0.15) is 0 Å². The number of hydrogen-bond acceptors (Lipinski definition) is 4. The van der Waals surface area contributed by atoms with Gasteiger partial charge in [0, 0.05) is 24.3 Å². The fraction of sp³-hybridized carbons (Fsp3) is 0.538. The van der Waals surface area contributed by atoms with E-state index in [-0.39, 0.29) is 16.9 Å². The van der Waals surface area contributed by atoms with Crippen LogP contribution in [0.1, 0.15) is 18.9 Å². The maximum Gasteiger partial charge on any atom is 0.241 e. The van der Waals surface area contributed by atoms with Gasteiger partial charge in [-0.25, -0.2) is 13.1 Å². The third-order valence-electron chi connectivity index (χ3n) is 3.51. The molecule has 1 heterocycles. The molecule has 0 bridgehead atoms. The first kappa shape index (κ1) is 14.3. The number of nitrogens with one attached hydrogen (secondary N) is 1. The van der Waals surface area contributed by atoms with E-state index >= 15 is 0 Å². The number of sulfonamides is 1. The molecule has 0 amide bonds. The predicted octanol–water partition coefficient (Wildman–Crippen LogP) is 1.28. The maximum absolute atomic E-state index is 12.4. The highest BCUT2D eigenvalue weighted by Gasteiger charge is 2.27. The minimum Gasteiger partial charge on any atom is -0.399 e. The topological polar surface area (TPSA) is 81.4 Å². The van der Waals surface area contributed by atoms with Crippen molar-refractivity contribution in [3.05, 3.63) is 23.8 Å². The molecule has 0 radical (unpaired) electrons. The first-order valence-electron chi connectivity index (χ1n) is 6.36. The van der Waals surface area contributed by atoms with E-state index in [1.165, 1.54) is 6.07 Å². The minimum atomic E-state index is -3.54. The fourth-order valence-corrected chi connectivity index (χ4v) is 3.85. The van der Waals surface area contributed by atoms with Crippen molar-refractivity contribution >= 4 is 15.7 Å². The first-order chi connectivity index (χ1) is 8.90. The number of nitrogen functional groups attached to an aromatic ring is 1. The lowest BCUT2D eigenvalue weighted by atomic mass is 10.0. The highest BCUT2D eigenvalue weighted by molar-refractivity contribution is 7.89. The van der Waals surface area contributed by atoms with E-state index in [0.29, 0.717) is 24.5 Å². The standard InChI is InChI=1S/C13H20N2O3S/c1-9-3-4-12(14)7-13(9)19(16,17)15-10(2)11-5-6-18-8-11/h3-4,7,10-11,15H,5-6,8,14H2,1-2H3. The van der Waals surface area contributed by atoms with Crippen LogP contribution < -0.4 is 10.5 Å². The van der Waals surface area contributed by atoms with Crippen LogP contribution in [0, 0.1) is 12.8 Å². The lowest BCUT2D eigenvalue weighted by molar-refractivity contribution is 0.180. The van der Waals surface area contributed by atoms with Gasteiger partial charge in [0.2, 0.25) is 10.0 Å². The Balaban J connectivity index is 2.19. The molecule has 2 unspecified atom stereocenters. The highest BCUT2D eigenvalue weighted by atomic mass is 32.2. The zero-order valence-electron chi connectivity index (χ0n) is 11.2. The van der Waals surface area contributed by atoms with Gasteiger partial charge >= 0.3 is 0 Å². The molecule has 1 aromatic rings. The Kier molecular flexibility index (Phi) is 4.13. The zero-order valence-corrected chi connectivity index (χ0v) is 12.0. The number of anilines is 1. The molecule has 6 heteroatoms. The van der Waals surface area contributed by atoms with Gasteiger partial charge in [0.15, 0.2) is 0 Å². The Hall–Kier alpha value is -1.11. The van der Waals surface area contributed by atoms with Gasteiger partial charge in [-0.15, -0.1) is 0 Å². The average molecular weight is 284 g/mol. The molecule has 1 aromatic carbocycles. The largest absolute Gasteiger partial charge is 0.399 e. The maximum atomic E-state index is 12.4. The van der Waals surface area contributed by atoms with Crippen LogP contribution in [0.3, 0.4) is 0 Å². The minimum absolute atomic E-state index is 0.145. The number of aryl methyl sites for hydroxylation is 1. The second-order valence-corrected chi connectivity index (χ2v) is 6.74. The number of hydrogen-bond donors (Lipinski definition) is 2. The summed E-state index contributed by atoms with van der Waals surface area (Å²) in [7, 11) is -3.54. The number of nitrogens with two attached hydrogens (primary N) is 1. The van der Waals surface area contributed by atoms with Crippen molar-refractivity contribution in [1.82, 2.24) is 4.72 Å². The van der Waals surface area contributed by atoms with Gasteiger partial charge in [-0.3, -0.25) is 0 Å². The molecule has 1 aliphatic rings. The fourth-order valence-electron chi connectivity index (χ4n) is 2.26. The quantitative estimate of drug-likeness (QED) is 0.816. The summed E-state index contributed by atoms with van der Waals surface area (Å²) in [6.45, 7) is 4.95. The van der Waals surface area contributed by atoms with Gasteiger partial charge in [0.1, 0.15) is 0 Å². The van der Waals surface area contributed by atoms with Crippen LogP contribution in [0.5, 0.6) is 0 Å². The molecule has 0 saturated carbocycles. The molecule has 2 atom stereocenters. The van der Waals surface area contributed by atoms with Gasteiger partial charge in [-0.1, -0.05) is 6.07 Å². The molecular weight excluding hydrogens is 264 g/mol. The molecule has 3 N–H and O–H groups in total. The summed E-state index contributed by atoms with van der Waals surface area (Å²) >= 11 is 0. The molecule has 1 fully saturated rings. The molecule has 2 rings (SSSR count). The summed E-state index contributed by atoms with van der Waals surface area (Å²) in [5.41, 5.74) is 6.80. The number of benzene rings is 1. The van der Waals surface area contributed by atoms with Crippen LogP contribution in [-0.4, -0.2) is 27.7 Å². The van der Waals surface area contributed by atoms with E-state index in [1.807, 2.05) is 6.92 Å². The molecule has 0 spiro atoms. The highest BCUT2D eigenvalue weighted by Crippen LogP contribution is 2.21. The number of ether oxygens (including phenoxy) is 1. The van der Waals surface area contributed by atoms with Crippen molar-refractivity contribution < 1.29 is 13.2 Å². The van der Waals surface area contributed by atoms with Gasteiger partial charge in [-0.05, 0) is 38.0 Å². The van der Waals surface area contributed by atoms with Crippen LogP contribution in [0.4, 0.5) is 5.69 Å². The summed E-state index contributed by atoms with van der Waals surface area (Å²) in [5.74, 6) is 0.233. The van der Waals surface area contributed by atoms with Crippen LogP contribution in [0.15, 0.2) is 23.1 Å². The number of rotatable bonds is 4. The van der Waals surface area contributed by atoms with Crippen molar-refractivity contribution in [1.29, 1.82) is 0 Å².